The number of alkyl halides is 3. The van der Waals surface area contributed by atoms with Gasteiger partial charge >= 0.3 is 12.3 Å². The molecule has 0 bridgehead atoms. The lowest BCUT2D eigenvalue weighted by atomic mass is 9.99. The third-order valence-electron chi connectivity index (χ3n) is 3.85. The van der Waals surface area contributed by atoms with Crippen LogP contribution in [-0.4, -0.2) is 76.4 Å². The number of carbonyl (C=O) groups excluding carboxylic acids is 1. The number of halogens is 3. The molecule has 12 heteroatoms. The maximum absolute atomic E-state index is 12.3. The van der Waals surface area contributed by atoms with Gasteiger partial charge in [0.2, 0.25) is 0 Å². The summed E-state index contributed by atoms with van der Waals surface area (Å²) in [5, 5.41) is 24.6. The van der Waals surface area contributed by atoms with Crippen molar-refractivity contribution in [2.45, 2.75) is 25.3 Å². The van der Waals surface area contributed by atoms with Crippen molar-refractivity contribution >= 4 is 18.5 Å². The summed E-state index contributed by atoms with van der Waals surface area (Å²) in [6.45, 7) is 2.44. The lowest BCUT2D eigenvalue weighted by Crippen LogP contribution is -2.41. The van der Waals surface area contributed by atoms with E-state index >= 15 is 0 Å². The average Bonchev–Trinajstić information content (AvgIpc) is 2.68. The molecule has 1 amide bonds. The number of hydrogen-bond acceptors (Lipinski definition) is 8. The Hall–Kier alpha value is -2.49. The Kier molecular flexibility index (Phi) is 10.9. The van der Waals surface area contributed by atoms with Gasteiger partial charge in [-0.2, -0.15) is 18.4 Å². The summed E-state index contributed by atoms with van der Waals surface area (Å²) in [6.07, 6.45) is -3.89. The molecule has 162 valence electrons. The fourth-order valence-corrected chi connectivity index (χ4v) is 2.10. The lowest BCUT2D eigenvalue weighted by Gasteiger charge is -2.19. The highest BCUT2D eigenvalue weighted by Crippen LogP contribution is 2.22. The number of nitrogens with zero attached hydrogens (tertiary/aromatic N) is 2. The number of rotatable bonds is 12. The minimum absolute atomic E-state index is 0.0842. The number of hydrogen-bond donors (Lipinski definition) is 4. The highest BCUT2D eigenvalue weighted by atomic mass is 19.4. The van der Waals surface area contributed by atoms with Gasteiger partial charge in [0.05, 0.1) is 25.1 Å². The smallest absolute Gasteiger partial charge is 0.425 e. The van der Waals surface area contributed by atoms with E-state index in [0.717, 1.165) is 18.7 Å². The molecule has 1 aliphatic heterocycles. The molecule has 0 fully saturated rings. The number of ether oxygens (including phenoxy) is 2. The molecule has 4 N–H and O–H groups in total. The van der Waals surface area contributed by atoms with Crippen LogP contribution >= 0.6 is 0 Å². The molecule has 3 atom stereocenters. The maximum Gasteiger partial charge on any atom is 0.425 e. The molecule has 0 aromatic carbocycles. The maximum atomic E-state index is 12.3. The zero-order valence-electron chi connectivity index (χ0n) is 16.0. The minimum Gasteiger partial charge on any atom is -0.437 e. The van der Waals surface area contributed by atoms with Crippen LogP contribution in [0.5, 0.6) is 0 Å². The van der Waals surface area contributed by atoms with Gasteiger partial charge in [-0.1, -0.05) is 0 Å². The van der Waals surface area contributed by atoms with Crippen LogP contribution in [0.15, 0.2) is 16.6 Å². The molecular formula is C17H25F3N6O3. The first-order valence-corrected chi connectivity index (χ1v) is 8.91. The van der Waals surface area contributed by atoms with Crippen molar-refractivity contribution in [3.63, 3.8) is 0 Å². The van der Waals surface area contributed by atoms with Crippen molar-refractivity contribution in [3.8, 4) is 6.07 Å². The molecule has 29 heavy (non-hydrogen) atoms. The molecule has 0 aliphatic carbocycles. The fraction of sp³-hybridized carbons (Fsp3) is 0.647. The van der Waals surface area contributed by atoms with Crippen molar-refractivity contribution in [1.29, 1.82) is 10.7 Å². The van der Waals surface area contributed by atoms with Crippen LogP contribution < -0.4 is 16.0 Å². The standard InChI is InChI=1S/C17H25F3N6O3/c1-12(17(18,19)20)29-16(27)26-5-4-24-11-25-9-15(7-22)28-10-13-2-3-23-8-14(13)6-21/h2-3,7,12,14-15,22,24-25H,4-5,8-11H2,1H3,(H,26,27). The van der Waals surface area contributed by atoms with E-state index in [-0.39, 0.29) is 19.1 Å². The SMILES string of the molecule is CC(OC(=O)NCCNCNCC(C=N)OCC1=CC=NCC1C#N)C(F)(F)F. The molecule has 0 saturated carbocycles. The molecule has 3 unspecified atom stereocenters. The van der Waals surface area contributed by atoms with Crippen molar-refractivity contribution in [2.24, 2.45) is 10.9 Å². The summed E-state index contributed by atoms with van der Waals surface area (Å²) < 4.78 is 46.6. The van der Waals surface area contributed by atoms with E-state index in [9.17, 15) is 18.0 Å². The van der Waals surface area contributed by atoms with Gasteiger partial charge in [-0.05, 0) is 18.6 Å². The van der Waals surface area contributed by atoms with Gasteiger partial charge in [-0.3, -0.25) is 4.99 Å². The van der Waals surface area contributed by atoms with Crippen molar-refractivity contribution < 1.29 is 27.4 Å². The first-order valence-electron chi connectivity index (χ1n) is 8.91. The van der Waals surface area contributed by atoms with Gasteiger partial charge in [-0.25, -0.2) is 4.79 Å². The molecule has 1 heterocycles. The third-order valence-corrected chi connectivity index (χ3v) is 3.85. The van der Waals surface area contributed by atoms with E-state index in [0.29, 0.717) is 26.3 Å². The summed E-state index contributed by atoms with van der Waals surface area (Å²) >= 11 is 0. The van der Waals surface area contributed by atoms with E-state index in [2.05, 4.69) is 31.7 Å². The Morgan fingerprint density at radius 1 is 1.48 bits per heavy atom. The topological polar surface area (TPSA) is 132 Å². The van der Waals surface area contributed by atoms with Crippen LogP contribution in [0.4, 0.5) is 18.0 Å². The average molecular weight is 418 g/mol. The van der Waals surface area contributed by atoms with E-state index in [1.165, 1.54) is 0 Å². The normalized spacial score (nSPS) is 18.3. The zero-order valence-corrected chi connectivity index (χ0v) is 16.0. The highest BCUT2D eigenvalue weighted by Gasteiger charge is 2.39. The van der Waals surface area contributed by atoms with E-state index < -0.39 is 24.5 Å². The Morgan fingerprint density at radius 3 is 2.90 bits per heavy atom. The van der Waals surface area contributed by atoms with Gasteiger partial charge in [0.1, 0.15) is 6.10 Å². The van der Waals surface area contributed by atoms with E-state index in [1.807, 2.05) is 0 Å². The third kappa shape index (κ3) is 10.0. The van der Waals surface area contributed by atoms with Crippen LogP contribution in [0.2, 0.25) is 0 Å². The van der Waals surface area contributed by atoms with Gasteiger partial charge < -0.3 is 30.8 Å². The summed E-state index contributed by atoms with van der Waals surface area (Å²) in [7, 11) is 0. The molecule has 9 nitrogen and oxygen atoms in total. The van der Waals surface area contributed by atoms with Crippen LogP contribution in [0.1, 0.15) is 6.92 Å². The summed E-state index contributed by atoms with van der Waals surface area (Å²) in [5.41, 5.74) is 0.810. The van der Waals surface area contributed by atoms with Crippen LogP contribution in [0.3, 0.4) is 0 Å². The molecule has 0 spiro atoms. The first kappa shape index (κ1) is 24.5. The van der Waals surface area contributed by atoms with Gasteiger partial charge in [0, 0.05) is 38.7 Å². The number of carbonyl (C=O) groups is 1. The summed E-state index contributed by atoms with van der Waals surface area (Å²) in [4.78, 5) is 15.2. The number of alkyl carbamates (subject to hydrolysis) is 1. The largest absolute Gasteiger partial charge is 0.437 e. The number of allylic oxidation sites excluding steroid dienone is 1. The number of nitrogens with one attached hydrogen (secondary N) is 4. The Balaban J connectivity index is 2.12. The van der Waals surface area contributed by atoms with Crippen LogP contribution in [0, 0.1) is 22.7 Å². The van der Waals surface area contributed by atoms with E-state index in [1.54, 1.807) is 12.3 Å². The number of nitriles is 1. The number of dihydropyridines is 1. The molecular weight excluding hydrogens is 393 g/mol. The first-order chi connectivity index (χ1) is 13.8. The monoisotopic (exact) mass is 418 g/mol. The van der Waals surface area contributed by atoms with Crippen LogP contribution in [-0.2, 0) is 9.47 Å². The fourth-order valence-electron chi connectivity index (χ4n) is 2.10. The molecule has 0 aromatic rings. The quantitative estimate of drug-likeness (QED) is 0.212. The minimum atomic E-state index is -4.59. The van der Waals surface area contributed by atoms with Crippen molar-refractivity contribution in [2.75, 3.05) is 39.5 Å². The Bertz CT molecular complexity index is 633. The molecule has 1 rings (SSSR count). The summed E-state index contributed by atoms with van der Waals surface area (Å²) in [5.74, 6) is -0.320. The predicted molar refractivity (Wildman–Crippen MR) is 99.9 cm³/mol. The molecule has 0 radical (unpaired) electrons. The molecule has 0 saturated heterocycles. The summed E-state index contributed by atoms with van der Waals surface area (Å²) in [6, 6.07) is 2.15. The molecule has 1 aliphatic rings. The van der Waals surface area contributed by atoms with Crippen molar-refractivity contribution in [3.05, 3.63) is 11.6 Å². The van der Waals surface area contributed by atoms with E-state index in [4.69, 9.17) is 15.4 Å². The Labute approximate surface area is 166 Å². The van der Waals surface area contributed by atoms with Gasteiger partial charge in [-0.15, -0.1) is 0 Å². The second-order valence-electron chi connectivity index (χ2n) is 6.10. The second-order valence-corrected chi connectivity index (χ2v) is 6.10. The Morgan fingerprint density at radius 2 is 2.24 bits per heavy atom. The predicted octanol–water partition coefficient (Wildman–Crippen LogP) is 0.985. The number of amides is 1. The second kappa shape index (κ2) is 12.9. The number of aliphatic imine (C=N–C) groups is 1. The highest BCUT2D eigenvalue weighted by molar-refractivity contribution is 5.74. The van der Waals surface area contributed by atoms with Crippen LogP contribution in [0.25, 0.3) is 0 Å². The zero-order chi connectivity index (χ0) is 21.7. The van der Waals surface area contributed by atoms with Gasteiger partial charge in [0.15, 0.2) is 6.10 Å². The van der Waals surface area contributed by atoms with Gasteiger partial charge in [0.25, 0.3) is 0 Å². The lowest BCUT2D eigenvalue weighted by molar-refractivity contribution is -0.197. The molecule has 0 aromatic heterocycles. The van der Waals surface area contributed by atoms with Crippen molar-refractivity contribution in [1.82, 2.24) is 16.0 Å².